The number of carboxylic acid groups (broad SMARTS) is 1. The van der Waals surface area contributed by atoms with Gasteiger partial charge in [0.05, 0.1) is 60.6 Å². The number of hydrogen-bond donors (Lipinski definition) is 8. The molecular formula is C86H96N10O17S2. The van der Waals surface area contributed by atoms with Crippen molar-refractivity contribution >= 4 is 101 Å². The van der Waals surface area contributed by atoms with Gasteiger partial charge in [-0.2, -0.15) is 0 Å². The van der Waals surface area contributed by atoms with Crippen LogP contribution in [0, 0.1) is 11.8 Å². The Morgan fingerprint density at radius 1 is 0.652 bits per heavy atom. The number of nitrogens with zero attached hydrogens (tertiary/aromatic N) is 3. The fourth-order valence-electron chi connectivity index (χ4n) is 15.0. The predicted octanol–water partition coefficient (Wildman–Crippen LogP) is 11.6. The fourth-order valence-corrected chi connectivity index (χ4v) is 17.4. The zero-order chi connectivity index (χ0) is 81.4. The topological polar surface area (TPSA) is 375 Å². The standard InChI is InChI=1S/C43H49N5O9S.C43H47N5O8S/c1-3-29-26-43(29,42(53)48-58(54,55)38-18-14-13-17-33(38)46-39(49)19-11-6-4-5-7-12-20-40(50)51)47-41(52)36-24-31(27-44-36)57-37-25-34(28-15-9-8-10-16-28)45-35-23-30(56-2)21-22-32(35)37;1-3-29-26-43(29)42(52)47-57(53,54)38-18-14-13-17-33(38)45-39(49)19-11-6-4-5-7-12-20-40(50)48-27-31(24-36(48)41(51)46-43)56-37-25-34(28-15-9-8-10-16-28)44-35-23-30(55-2)21-22-32(35)37/h3,8-10,13-18,21-23,25,29,31,36,44H,1,4-7,11-12,19-20,24,26-27H2,2H3,(H,46,49)(H,47,52)(H,48,53)(H,50,51);3,8-10,13-18,21-23,25,29,31,36H,1,4-7,11-12,19-20,24,26-27H2,2H3,(H,45,49)(H,46,51)(H,47,52)/t2*29-,31-,36+,43-/m11/s1. The highest BCUT2D eigenvalue weighted by Crippen LogP contribution is 2.47. The van der Waals surface area contributed by atoms with Crippen LogP contribution in [0.15, 0.2) is 193 Å². The number of carbonyl (C=O) groups excluding carboxylic acids is 7. The zero-order valence-corrected chi connectivity index (χ0v) is 65.9. The molecule has 6 aromatic carbocycles. The van der Waals surface area contributed by atoms with Crippen molar-refractivity contribution in [2.45, 2.75) is 174 Å². The van der Waals surface area contributed by atoms with E-state index < -0.39 is 96.8 Å². The molecule has 0 bridgehead atoms. The summed E-state index contributed by atoms with van der Waals surface area (Å²) >= 11 is 0. The minimum atomic E-state index is -4.50. The Balaban J connectivity index is 0.000000212. The third-order valence-electron chi connectivity index (χ3n) is 21.5. The smallest absolute Gasteiger partial charge is 0.303 e. The molecule has 2 aliphatic carbocycles. The second-order valence-electron chi connectivity index (χ2n) is 29.6. The van der Waals surface area contributed by atoms with E-state index in [2.05, 4.69) is 49.2 Å². The predicted molar refractivity (Wildman–Crippen MR) is 433 cm³/mol. The van der Waals surface area contributed by atoms with Crippen LogP contribution in [0.5, 0.6) is 23.0 Å². The van der Waals surface area contributed by atoms with E-state index >= 15 is 0 Å². The van der Waals surface area contributed by atoms with E-state index in [1.165, 1.54) is 53.5 Å². The largest absolute Gasteiger partial charge is 0.497 e. The molecule has 2 aromatic heterocycles. The minimum Gasteiger partial charge on any atom is -0.497 e. The molecule has 0 radical (unpaired) electrons. The van der Waals surface area contributed by atoms with E-state index in [0.717, 1.165) is 73.3 Å². The summed E-state index contributed by atoms with van der Waals surface area (Å²) in [5.41, 5.74) is 1.41. The van der Waals surface area contributed by atoms with Gasteiger partial charge in [-0.1, -0.05) is 148 Å². The van der Waals surface area contributed by atoms with Crippen LogP contribution in [0.4, 0.5) is 11.4 Å². The summed E-state index contributed by atoms with van der Waals surface area (Å²) < 4.78 is 83.1. The van der Waals surface area contributed by atoms with Gasteiger partial charge in [0.2, 0.25) is 29.5 Å². The molecule has 3 aliphatic heterocycles. The number of aromatic nitrogens is 2. The SMILES string of the molecule is C=C[C@@H]1C[C@@]12NC(=O)[C@@H]1C[C@@H](Oc3cc(-c4ccccc4)nc4cc(OC)ccc34)CN1C(=O)CCCCCCCCC(=O)Nc1ccccc1S(=O)(=O)NC2=O.C=C[C@@H]1C[C@]1(NC(=O)[C@@H]1C[C@@H](Oc2cc(-c3ccccc3)nc3cc(OC)ccc23)CN1)C(=O)NS(=O)(=O)c1ccccc1NC(=O)CCCCCCCCC(=O)O. The number of sulfonamides is 2. The lowest BCUT2D eigenvalue weighted by atomic mass is 10.1. The van der Waals surface area contributed by atoms with Crippen LogP contribution in [-0.2, 0) is 58.4 Å². The number of aliphatic carboxylic acids is 1. The number of pyridine rings is 2. The van der Waals surface area contributed by atoms with E-state index in [1.807, 2.05) is 109 Å². The fraction of sp³-hybridized carbons (Fsp3) is 0.372. The molecule has 5 heterocycles. The molecule has 2 saturated carbocycles. The number of hydrogen-bond acceptors (Lipinski definition) is 19. The van der Waals surface area contributed by atoms with Gasteiger partial charge in [-0.25, -0.2) is 36.2 Å². The summed E-state index contributed by atoms with van der Waals surface area (Å²) in [6.07, 6.45) is 12.4. The number of ether oxygens (including phenoxy) is 4. The van der Waals surface area contributed by atoms with E-state index in [1.54, 1.807) is 26.4 Å². The lowest BCUT2D eigenvalue weighted by molar-refractivity contribution is -0.139. The number of anilines is 2. The summed E-state index contributed by atoms with van der Waals surface area (Å²) in [4.78, 5) is 117. The number of carboxylic acids is 1. The van der Waals surface area contributed by atoms with Crippen molar-refractivity contribution in [1.29, 1.82) is 0 Å². The summed E-state index contributed by atoms with van der Waals surface area (Å²) in [6.45, 7) is 8.06. The van der Waals surface area contributed by atoms with Crippen molar-refractivity contribution in [2.75, 3.05) is 37.9 Å². The lowest BCUT2D eigenvalue weighted by Gasteiger charge is -2.26. The molecule has 4 fully saturated rings. The first kappa shape index (κ1) is 82.9. The number of fused-ring (bicyclic) bond motifs is 4. The van der Waals surface area contributed by atoms with E-state index in [0.29, 0.717) is 77.6 Å². The van der Waals surface area contributed by atoms with Crippen molar-refractivity contribution in [3.05, 3.63) is 183 Å². The third-order valence-corrected chi connectivity index (χ3v) is 24.3. The van der Waals surface area contributed by atoms with Crippen LogP contribution in [0.2, 0.25) is 0 Å². The summed E-state index contributed by atoms with van der Waals surface area (Å²) in [7, 11) is -5.82. The molecule has 13 rings (SSSR count). The van der Waals surface area contributed by atoms with Gasteiger partial charge in [-0.15, -0.1) is 13.2 Å². The average Bonchev–Trinajstić information content (AvgIpc) is 1.57. The molecule has 27 nitrogen and oxygen atoms in total. The maximum absolute atomic E-state index is 14.3. The summed E-state index contributed by atoms with van der Waals surface area (Å²) in [5, 5.41) is 24.4. The van der Waals surface area contributed by atoms with Gasteiger partial charge in [0.1, 0.15) is 62.1 Å². The van der Waals surface area contributed by atoms with Gasteiger partial charge < -0.3 is 55.5 Å². The molecule has 604 valence electrons. The number of methoxy groups -OCH3 is 2. The van der Waals surface area contributed by atoms with E-state index in [4.69, 9.17) is 34.0 Å². The molecule has 2 saturated heterocycles. The van der Waals surface area contributed by atoms with Crippen LogP contribution in [0.25, 0.3) is 44.3 Å². The Labute approximate surface area is 668 Å². The third kappa shape index (κ3) is 20.3. The van der Waals surface area contributed by atoms with E-state index in [9.17, 15) is 55.2 Å². The van der Waals surface area contributed by atoms with Gasteiger partial charge in [0, 0.05) is 103 Å². The normalized spacial score (nSPS) is 22.2. The molecule has 29 heteroatoms. The first-order valence-electron chi connectivity index (χ1n) is 38.9. The van der Waals surface area contributed by atoms with Crippen LogP contribution in [0.1, 0.15) is 128 Å². The van der Waals surface area contributed by atoms with Gasteiger partial charge in [-0.05, 0) is 87.1 Å². The Morgan fingerprint density at radius 2 is 1.22 bits per heavy atom. The number of benzene rings is 6. The molecule has 8 atom stereocenters. The van der Waals surface area contributed by atoms with E-state index in [-0.39, 0.29) is 96.8 Å². The lowest BCUT2D eigenvalue weighted by Crippen LogP contribution is -2.56. The quantitative estimate of drug-likeness (QED) is 0.0195. The molecule has 7 amide bonds. The Kier molecular flexibility index (Phi) is 26.8. The number of para-hydroxylation sites is 2. The van der Waals surface area contributed by atoms with Crippen LogP contribution in [0.3, 0.4) is 0 Å². The van der Waals surface area contributed by atoms with Gasteiger partial charge >= 0.3 is 5.97 Å². The molecular weight excluding hydrogens is 1510 g/mol. The molecule has 1 spiro atoms. The highest BCUT2D eigenvalue weighted by Gasteiger charge is 2.63. The van der Waals surface area contributed by atoms with Crippen LogP contribution < -0.4 is 55.0 Å². The Bertz CT molecular complexity index is 5210. The van der Waals surface area contributed by atoms with Crippen LogP contribution >= 0.6 is 0 Å². The van der Waals surface area contributed by atoms with Crippen molar-refractivity contribution < 1.29 is 79.2 Å². The number of carbonyl (C=O) groups is 8. The highest BCUT2D eigenvalue weighted by atomic mass is 32.2. The number of nitrogens with one attached hydrogen (secondary N) is 7. The van der Waals surface area contributed by atoms with Gasteiger partial charge in [0.15, 0.2) is 0 Å². The molecule has 115 heavy (non-hydrogen) atoms. The number of rotatable bonds is 25. The van der Waals surface area contributed by atoms with Crippen molar-refractivity contribution in [2.24, 2.45) is 11.8 Å². The molecule has 8 N–H and O–H groups in total. The minimum absolute atomic E-state index is 0.0221. The summed E-state index contributed by atoms with van der Waals surface area (Å²) in [6, 6.07) is 44.1. The van der Waals surface area contributed by atoms with Crippen molar-refractivity contribution in [3.8, 4) is 45.5 Å². The van der Waals surface area contributed by atoms with Crippen LogP contribution in [-0.4, -0.2) is 147 Å². The first-order chi connectivity index (χ1) is 55.4. The highest BCUT2D eigenvalue weighted by molar-refractivity contribution is 7.90. The van der Waals surface area contributed by atoms with Crippen molar-refractivity contribution in [1.82, 2.24) is 40.3 Å². The Hall–Kier alpha value is -11.6. The second-order valence-corrected chi connectivity index (χ2v) is 32.9. The molecule has 5 aliphatic rings. The molecule has 8 aromatic rings. The average molecular weight is 1610 g/mol. The van der Waals surface area contributed by atoms with Crippen molar-refractivity contribution in [3.63, 3.8) is 0 Å². The monoisotopic (exact) mass is 1600 g/mol. The van der Waals surface area contributed by atoms with Gasteiger partial charge in [0.25, 0.3) is 31.9 Å². The number of unbranched alkanes of at least 4 members (excludes halogenated alkanes) is 5. The Morgan fingerprint density at radius 3 is 1.82 bits per heavy atom. The zero-order valence-electron chi connectivity index (χ0n) is 64.2. The molecule has 0 unspecified atom stereocenters. The number of amides is 7. The van der Waals surface area contributed by atoms with Gasteiger partial charge in [-0.3, -0.25) is 38.4 Å². The summed E-state index contributed by atoms with van der Waals surface area (Å²) in [5.74, 6) is -3.35. The second kappa shape index (κ2) is 37.2. The first-order valence-corrected chi connectivity index (χ1v) is 41.9. The maximum atomic E-state index is 14.3. The maximum Gasteiger partial charge on any atom is 0.303 e.